The first-order valence-corrected chi connectivity index (χ1v) is 9.06. The molecular formula is C22H28N2O3. The van der Waals surface area contributed by atoms with Gasteiger partial charge in [0.1, 0.15) is 25.2 Å². The van der Waals surface area contributed by atoms with Crippen LogP contribution >= 0.6 is 0 Å². The minimum absolute atomic E-state index is 0.567. The van der Waals surface area contributed by atoms with Crippen molar-refractivity contribution in [1.82, 2.24) is 4.98 Å². The summed E-state index contributed by atoms with van der Waals surface area (Å²) >= 11 is 0. The van der Waals surface area contributed by atoms with Gasteiger partial charge in [0.2, 0.25) is 0 Å². The Hall–Kier alpha value is -2.82. The zero-order chi connectivity index (χ0) is 19.6. The lowest BCUT2D eigenvalue weighted by Crippen LogP contribution is -2.06. The van der Waals surface area contributed by atoms with Gasteiger partial charge in [-0.1, -0.05) is 17.3 Å². The predicted octanol–water partition coefficient (Wildman–Crippen LogP) is 4.65. The van der Waals surface area contributed by atoms with Gasteiger partial charge in [-0.3, -0.25) is 4.98 Å². The van der Waals surface area contributed by atoms with Crippen molar-refractivity contribution < 1.29 is 14.3 Å². The summed E-state index contributed by atoms with van der Waals surface area (Å²) in [7, 11) is 1.54. The lowest BCUT2D eigenvalue weighted by molar-refractivity contribution is 0.213. The topological polar surface area (TPSA) is 52.9 Å². The highest BCUT2D eigenvalue weighted by molar-refractivity contribution is 5.97. The average Bonchev–Trinajstić information content (AvgIpc) is 2.65. The fourth-order valence-electron chi connectivity index (χ4n) is 2.70. The van der Waals surface area contributed by atoms with Gasteiger partial charge in [0, 0.05) is 23.9 Å². The molecule has 1 heterocycles. The fourth-order valence-corrected chi connectivity index (χ4v) is 2.70. The van der Waals surface area contributed by atoms with E-state index >= 15 is 0 Å². The standard InChI is InChI=1S/C22H28N2O3/c1-6-7-11-26-21-13-16(2)22(17(3)14-21)27-12-10-20-9-8-19(15-23-20)18(4)24-25-5/h6-9,13-15H,10-12H2,1-5H3/b7-6+,24-18+. The van der Waals surface area contributed by atoms with E-state index in [1.807, 2.05) is 64.1 Å². The SMILES string of the molecule is C/C=C/COc1cc(C)c(OCCc2ccc(/C(C)=N/OC)cn2)c(C)c1. The minimum Gasteiger partial charge on any atom is -0.493 e. The molecule has 1 aromatic heterocycles. The lowest BCUT2D eigenvalue weighted by atomic mass is 10.1. The van der Waals surface area contributed by atoms with Crippen LogP contribution in [0.4, 0.5) is 0 Å². The van der Waals surface area contributed by atoms with Gasteiger partial charge in [0.25, 0.3) is 0 Å². The van der Waals surface area contributed by atoms with E-state index in [9.17, 15) is 0 Å². The molecule has 0 aliphatic carbocycles. The third kappa shape index (κ3) is 6.13. The van der Waals surface area contributed by atoms with Crippen LogP contribution in [0.15, 0.2) is 47.8 Å². The molecule has 0 N–H and O–H groups in total. The van der Waals surface area contributed by atoms with Crippen molar-refractivity contribution in [3.63, 3.8) is 0 Å². The molecule has 27 heavy (non-hydrogen) atoms. The van der Waals surface area contributed by atoms with Crippen LogP contribution in [0.2, 0.25) is 0 Å². The Bertz CT molecular complexity index is 773. The monoisotopic (exact) mass is 368 g/mol. The van der Waals surface area contributed by atoms with Gasteiger partial charge in [0.05, 0.1) is 12.3 Å². The number of nitrogens with zero attached hydrogens (tertiary/aromatic N) is 2. The average molecular weight is 368 g/mol. The maximum atomic E-state index is 6.02. The molecule has 0 aliphatic rings. The summed E-state index contributed by atoms with van der Waals surface area (Å²) in [6, 6.07) is 8.01. The molecule has 2 rings (SSSR count). The summed E-state index contributed by atoms with van der Waals surface area (Å²) in [5.41, 5.74) is 4.86. The van der Waals surface area contributed by atoms with Crippen molar-refractivity contribution in [2.45, 2.75) is 34.1 Å². The smallest absolute Gasteiger partial charge is 0.125 e. The van der Waals surface area contributed by atoms with Crippen LogP contribution in [0.3, 0.4) is 0 Å². The van der Waals surface area contributed by atoms with E-state index < -0.39 is 0 Å². The number of aromatic nitrogens is 1. The molecule has 0 radical (unpaired) electrons. The molecule has 0 spiro atoms. The van der Waals surface area contributed by atoms with Crippen LogP contribution < -0.4 is 9.47 Å². The van der Waals surface area contributed by atoms with Crippen LogP contribution in [0.25, 0.3) is 0 Å². The molecule has 0 atom stereocenters. The summed E-state index contributed by atoms with van der Waals surface area (Å²) in [5.74, 6) is 1.77. The molecule has 0 saturated carbocycles. The van der Waals surface area contributed by atoms with Crippen molar-refractivity contribution in [2.24, 2.45) is 5.16 Å². The molecule has 0 saturated heterocycles. The number of allylic oxidation sites excluding steroid dienone is 1. The van der Waals surface area contributed by atoms with Gasteiger partial charge in [0.15, 0.2) is 0 Å². The first kappa shape index (κ1) is 20.5. The first-order chi connectivity index (χ1) is 13.0. The van der Waals surface area contributed by atoms with Crippen LogP contribution in [0.5, 0.6) is 11.5 Å². The summed E-state index contributed by atoms with van der Waals surface area (Å²) < 4.78 is 11.7. The number of pyridine rings is 1. The van der Waals surface area contributed by atoms with Gasteiger partial charge < -0.3 is 14.3 Å². The summed E-state index contributed by atoms with van der Waals surface area (Å²) in [5, 5.41) is 3.91. The zero-order valence-electron chi connectivity index (χ0n) is 16.8. The number of ether oxygens (including phenoxy) is 2. The van der Waals surface area contributed by atoms with Gasteiger partial charge in [-0.2, -0.15) is 0 Å². The highest BCUT2D eigenvalue weighted by atomic mass is 16.6. The summed E-state index contributed by atoms with van der Waals surface area (Å²) in [6.45, 7) is 9.09. The van der Waals surface area contributed by atoms with Gasteiger partial charge in [-0.15, -0.1) is 0 Å². The van der Waals surface area contributed by atoms with Gasteiger partial charge in [-0.05, 0) is 63.1 Å². The van der Waals surface area contributed by atoms with Crippen molar-refractivity contribution >= 4 is 5.71 Å². The second-order valence-electron chi connectivity index (χ2n) is 6.26. The molecule has 5 nitrogen and oxygen atoms in total. The number of hydrogen-bond donors (Lipinski definition) is 0. The van der Waals surface area contributed by atoms with E-state index in [1.54, 1.807) is 6.20 Å². The van der Waals surface area contributed by atoms with E-state index in [0.29, 0.717) is 13.2 Å². The number of hydrogen-bond acceptors (Lipinski definition) is 5. The number of benzene rings is 1. The van der Waals surface area contributed by atoms with Crippen LogP contribution in [0.1, 0.15) is 36.2 Å². The van der Waals surface area contributed by atoms with Crippen molar-refractivity contribution in [3.8, 4) is 11.5 Å². The Kier molecular flexibility index (Phi) is 7.86. The summed E-state index contributed by atoms with van der Waals surface area (Å²) in [4.78, 5) is 9.26. The van der Waals surface area contributed by atoms with E-state index in [0.717, 1.165) is 46.0 Å². The van der Waals surface area contributed by atoms with E-state index in [-0.39, 0.29) is 0 Å². The molecule has 0 unspecified atom stereocenters. The van der Waals surface area contributed by atoms with Crippen LogP contribution in [-0.4, -0.2) is 31.0 Å². The van der Waals surface area contributed by atoms with Crippen molar-refractivity contribution in [2.75, 3.05) is 20.3 Å². The van der Waals surface area contributed by atoms with Crippen LogP contribution in [-0.2, 0) is 11.3 Å². The van der Waals surface area contributed by atoms with Gasteiger partial charge >= 0.3 is 0 Å². The van der Waals surface area contributed by atoms with E-state index in [1.165, 1.54) is 7.11 Å². The molecule has 0 bridgehead atoms. The number of oxime groups is 1. The Morgan fingerprint density at radius 2 is 1.89 bits per heavy atom. The Balaban J connectivity index is 1.94. The Morgan fingerprint density at radius 3 is 2.48 bits per heavy atom. The molecule has 1 aromatic carbocycles. The second-order valence-corrected chi connectivity index (χ2v) is 6.26. The predicted molar refractivity (Wildman–Crippen MR) is 109 cm³/mol. The quantitative estimate of drug-likeness (QED) is 0.367. The van der Waals surface area contributed by atoms with Gasteiger partial charge in [-0.25, -0.2) is 0 Å². The highest BCUT2D eigenvalue weighted by Gasteiger charge is 2.08. The summed E-state index contributed by atoms with van der Waals surface area (Å²) in [6.07, 6.45) is 6.50. The fraction of sp³-hybridized carbons (Fsp3) is 0.364. The van der Waals surface area contributed by atoms with E-state index in [2.05, 4.69) is 10.1 Å². The number of aryl methyl sites for hydroxylation is 2. The molecule has 2 aromatic rings. The third-order valence-corrected chi connectivity index (χ3v) is 4.09. The first-order valence-electron chi connectivity index (χ1n) is 9.06. The van der Waals surface area contributed by atoms with Crippen molar-refractivity contribution in [3.05, 3.63) is 65.0 Å². The maximum absolute atomic E-state index is 6.02. The molecule has 0 amide bonds. The Morgan fingerprint density at radius 1 is 1.15 bits per heavy atom. The maximum Gasteiger partial charge on any atom is 0.125 e. The molecule has 144 valence electrons. The normalized spacial score (nSPS) is 11.7. The Labute approximate surface area is 161 Å². The molecular weight excluding hydrogens is 340 g/mol. The zero-order valence-corrected chi connectivity index (χ0v) is 16.8. The molecule has 0 fully saturated rings. The van der Waals surface area contributed by atoms with E-state index in [4.69, 9.17) is 14.3 Å². The lowest BCUT2D eigenvalue weighted by Gasteiger charge is -2.14. The number of rotatable bonds is 9. The molecule has 5 heteroatoms. The minimum atomic E-state index is 0.567. The highest BCUT2D eigenvalue weighted by Crippen LogP contribution is 2.28. The van der Waals surface area contributed by atoms with Crippen LogP contribution in [0, 0.1) is 13.8 Å². The molecule has 0 aliphatic heterocycles. The largest absolute Gasteiger partial charge is 0.493 e. The third-order valence-electron chi connectivity index (χ3n) is 4.09. The van der Waals surface area contributed by atoms with Crippen molar-refractivity contribution in [1.29, 1.82) is 0 Å². The second kappa shape index (κ2) is 10.4.